The van der Waals surface area contributed by atoms with Crippen LogP contribution in [-0.4, -0.2) is 25.1 Å². The lowest BCUT2D eigenvalue weighted by molar-refractivity contribution is 0.933. The predicted molar refractivity (Wildman–Crippen MR) is 64.1 cm³/mol. The third-order valence-electron chi connectivity index (χ3n) is 2.58. The second kappa shape index (κ2) is 4.49. The molecular formula is C10H12N4OS. The van der Waals surface area contributed by atoms with E-state index >= 15 is 0 Å². The quantitative estimate of drug-likeness (QED) is 0.830. The summed E-state index contributed by atoms with van der Waals surface area (Å²) in [5, 5.41) is 12.6. The molecule has 1 N–H and O–H groups in total. The first-order valence-corrected chi connectivity index (χ1v) is 5.96. The molecule has 0 saturated carbocycles. The number of anilines is 2. The summed E-state index contributed by atoms with van der Waals surface area (Å²) in [6.07, 6.45) is 2.18. The number of hydrogen-bond acceptors (Lipinski definition) is 6. The van der Waals surface area contributed by atoms with Crippen molar-refractivity contribution < 1.29 is 0 Å². The highest BCUT2D eigenvalue weighted by Gasteiger charge is 2.20. The topological polar surface area (TPSA) is 69.0 Å². The molecule has 1 aliphatic rings. The van der Waals surface area contributed by atoms with Gasteiger partial charge in [0.1, 0.15) is 16.6 Å². The van der Waals surface area contributed by atoms with Crippen molar-refractivity contribution in [1.82, 2.24) is 4.98 Å². The first-order valence-electron chi connectivity index (χ1n) is 5.14. The summed E-state index contributed by atoms with van der Waals surface area (Å²) in [4.78, 5) is 17.1. The molecule has 1 aromatic rings. The Labute approximate surface area is 97.3 Å². The molecule has 1 saturated heterocycles. The number of nitriles is 1. The molecule has 0 atom stereocenters. The zero-order chi connectivity index (χ0) is 11.5. The molecule has 1 aliphatic heterocycles. The average molecular weight is 236 g/mol. The number of aromatic nitrogens is 1. The molecule has 1 fully saturated rings. The Hall–Kier alpha value is -1.61. The van der Waals surface area contributed by atoms with Gasteiger partial charge in [-0.25, -0.2) is 0 Å². The molecule has 6 heteroatoms. The molecular weight excluding hydrogens is 224 g/mol. The molecule has 0 spiro atoms. The lowest BCUT2D eigenvalue weighted by Gasteiger charge is -2.17. The lowest BCUT2D eigenvalue weighted by Crippen LogP contribution is -2.23. The van der Waals surface area contributed by atoms with Crippen LogP contribution >= 0.6 is 11.3 Å². The first kappa shape index (κ1) is 10.9. The van der Waals surface area contributed by atoms with Crippen LogP contribution in [0.25, 0.3) is 0 Å². The van der Waals surface area contributed by atoms with Gasteiger partial charge in [0, 0.05) is 20.1 Å². The maximum absolute atomic E-state index is 11.4. The van der Waals surface area contributed by atoms with Crippen LogP contribution in [0.1, 0.15) is 18.4 Å². The second-order valence-corrected chi connectivity index (χ2v) is 4.53. The minimum absolute atomic E-state index is 0.259. The minimum Gasteiger partial charge on any atom is -0.379 e. The van der Waals surface area contributed by atoms with Gasteiger partial charge in [-0.2, -0.15) is 10.2 Å². The fourth-order valence-corrected chi connectivity index (χ4v) is 2.49. The zero-order valence-corrected chi connectivity index (χ0v) is 9.80. The van der Waals surface area contributed by atoms with E-state index in [0.717, 1.165) is 37.3 Å². The largest absolute Gasteiger partial charge is 0.379 e. The molecule has 2 rings (SSSR count). The molecule has 0 unspecified atom stereocenters. The van der Waals surface area contributed by atoms with Crippen molar-refractivity contribution in [3.63, 3.8) is 0 Å². The average Bonchev–Trinajstić information content (AvgIpc) is 2.81. The lowest BCUT2D eigenvalue weighted by atomic mass is 10.3. The van der Waals surface area contributed by atoms with Crippen LogP contribution in [0.15, 0.2) is 4.79 Å². The monoisotopic (exact) mass is 236 g/mol. The summed E-state index contributed by atoms with van der Waals surface area (Å²) in [5.74, 6) is 0.535. The normalized spacial score (nSPS) is 14.9. The number of rotatable bonds is 2. The summed E-state index contributed by atoms with van der Waals surface area (Å²) in [6.45, 7) is 1.75. The van der Waals surface area contributed by atoms with Crippen LogP contribution in [0.2, 0.25) is 0 Å². The predicted octanol–water partition coefficient (Wildman–Crippen LogP) is 1.02. The molecule has 2 heterocycles. The van der Waals surface area contributed by atoms with E-state index < -0.39 is 0 Å². The van der Waals surface area contributed by atoms with Crippen molar-refractivity contribution in [2.24, 2.45) is 0 Å². The van der Waals surface area contributed by atoms with Crippen LogP contribution in [0.4, 0.5) is 10.8 Å². The van der Waals surface area contributed by atoms with Crippen LogP contribution < -0.4 is 15.1 Å². The van der Waals surface area contributed by atoms with Crippen molar-refractivity contribution in [2.75, 3.05) is 30.4 Å². The third kappa shape index (κ3) is 1.86. The van der Waals surface area contributed by atoms with E-state index in [9.17, 15) is 4.79 Å². The fourth-order valence-electron chi connectivity index (χ4n) is 1.84. The van der Waals surface area contributed by atoms with E-state index in [1.54, 1.807) is 7.05 Å². The number of nitrogens with one attached hydrogen (secondary N) is 1. The highest BCUT2D eigenvalue weighted by atomic mass is 32.1. The van der Waals surface area contributed by atoms with Gasteiger partial charge in [-0.15, -0.1) is 0 Å². The van der Waals surface area contributed by atoms with Crippen LogP contribution in [-0.2, 0) is 0 Å². The molecule has 0 radical (unpaired) electrons. The van der Waals surface area contributed by atoms with Crippen molar-refractivity contribution >= 4 is 22.2 Å². The van der Waals surface area contributed by atoms with E-state index in [1.165, 1.54) is 0 Å². The third-order valence-corrected chi connectivity index (χ3v) is 3.46. The van der Waals surface area contributed by atoms with Gasteiger partial charge < -0.3 is 10.2 Å². The van der Waals surface area contributed by atoms with Crippen LogP contribution in [0, 0.1) is 11.3 Å². The first-order chi connectivity index (χ1) is 7.76. The molecule has 0 aromatic carbocycles. The van der Waals surface area contributed by atoms with E-state index in [2.05, 4.69) is 16.4 Å². The van der Waals surface area contributed by atoms with Gasteiger partial charge in [0.25, 0.3) is 0 Å². The van der Waals surface area contributed by atoms with Gasteiger partial charge >= 0.3 is 4.87 Å². The van der Waals surface area contributed by atoms with Crippen molar-refractivity contribution in [1.29, 1.82) is 5.26 Å². The summed E-state index contributed by atoms with van der Waals surface area (Å²) < 4.78 is 0. The number of hydrogen-bond donors (Lipinski definition) is 1. The smallest absolute Gasteiger partial charge is 0.330 e. The molecule has 1 aromatic heterocycles. The van der Waals surface area contributed by atoms with E-state index in [1.807, 2.05) is 4.90 Å². The molecule has 16 heavy (non-hydrogen) atoms. The maximum atomic E-state index is 11.4. The molecule has 84 valence electrons. The number of nitrogens with zero attached hydrogens (tertiary/aromatic N) is 3. The van der Waals surface area contributed by atoms with E-state index in [4.69, 9.17) is 5.26 Å². The van der Waals surface area contributed by atoms with Gasteiger partial charge in [-0.1, -0.05) is 11.3 Å². The van der Waals surface area contributed by atoms with Crippen LogP contribution in [0.5, 0.6) is 0 Å². The highest BCUT2D eigenvalue weighted by Crippen LogP contribution is 2.27. The second-order valence-electron chi connectivity index (χ2n) is 3.56. The van der Waals surface area contributed by atoms with Crippen LogP contribution in [0.3, 0.4) is 0 Å². The van der Waals surface area contributed by atoms with Crippen molar-refractivity contribution in [3.05, 3.63) is 15.2 Å². The zero-order valence-electron chi connectivity index (χ0n) is 8.99. The molecule has 0 bridgehead atoms. The van der Waals surface area contributed by atoms with Gasteiger partial charge in [0.05, 0.1) is 0 Å². The Morgan fingerprint density at radius 2 is 2.19 bits per heavy atom. The van der Waals surface area contributed by atoms with Gasteiger partial charge in [0.15, 0.2) is 5.82 Å². The Morgan fingerprint density at radius 3 is 2.75 bits per heavy atom. The highest BCUT2D eigenvalue weighted by molar-refractivity contribution is 7.13. The SMILES string of the molecule is CNc1sc(=O)nc(N2CCCC2)c1C#N. The van der Waals surface area contributed by atoms with E-state index in [-0.39, 0.29) is 4.87 Å². The maximum Gasteiger partial charge on any atom is 0.330 e. The Balaban J connectivity index is 2.54. The standard InChI is InChI=1S/C10H12N4OS/c1-12-9-7(6-11)8(13-10(15)16-9)14-4-2-3-5-14/h12H,2-5H2,1H3. The van der Waals surface area contributed by atoms with E-state index in [0.29, 0.717) is 16.4 Å². The van der Waals surface area contributed by atoms with Gasteiger partial charge in [0.2, 0.25) is 0 Å². The van der Waals surface area contributed by atoms with Crippen molar-refractivity contribution in [2.45, 2.75) is 12.8 Å². The molecule has 5 nitrogen and oxygen atoms in total. The van der Waals surface area contributed by atoms with Gasteiger partial charge in [-0.05, 0) is 12.8 Å². The Bertz CT molecular complexity index is 485. The minimum atomic E-state index is -0.259. The fraction of sp³-hybridized carbons (Fsp3) is 0.500. The molecule has 0 aliphatic carbocycles. The summed E-state index contributed by atoms with van der Waals surface area (Å²) in [7, 11) is 1.71. The Kier molecular flexibility index (Phi) is 3.06. The van der Waals surface area contributed by atoms with Gasteiger partial charge in [-0.3, -0.25) is 4.79 Å². The molecule has 0 amide bonds. The van der Waals surface area contributed by atoms with Crippen molar-refractivity contribution in [3.8, 4) is 6.07 Å². The summed E-state index contributed by atoms with van der Waals surface area (Å²) >= 11 is 0.975. The summed E-state index contributed by atoms with van der Waals surface area (Å²) in [6, 6.07) is 2.12. The Morgan fingerprint density at radius 1 is 1.50 bits per heavy atom. The summed E-state index contributed by atoms with van der Waals surface area (Å²) in [5.41, 5.74) is 0.481.